The van der Waals surface area contributed by atoms with Crippen molar-refractivity contribution < 1.29 is 4.79 Å². The van der Waals surface area contributed by atoms with Gasteiger partial charge in [-0.05, 0) is 19.4 Å². The van der Waals surface area contributed by atoms with Gasteiger partial charge in [0.1, 0.15) is 5.78 Å². The first-order valence-corrected chi connectivity index (χ1v) is 3.26. The molecule has 0 aromatic rings. The fraction of sp³-hybridized carbons (Fsp3) is 0.444. The molecule has 0 N–H and O–H groups in total. The van der Waals surface area contributed by atoms with Gasteiger partial charge in [-0.15, -0.1) is 0 Å². The minimum absolute atomic E-state index is 0.191. The van der Waals surface area contributed by atoms with Crippen LogP contribution in [-0.2, 0) is 4.79 Å². The fourth-order valence-electron chi connectivity index (χ4n) is 0.452. The van der Waals surface area contributed by atoms with Crippen molar-refractivity contribution in [2.75, 3.05) is 0 Å². The Hall–Kier alpha value is -1.03. The molecular formula is C9H12O. The Morgan fingerprint density at radius 2 is 2.10 bits per heavy atom. The molecule has 0 amide bonds. The van der Waals surface area contributed by atoms with Crippen LogP contribution in [-0.4, -0.2) is 5.78 Å². The number of allylic oxidation sites excluding steroid dienone is 1. The van der Waals surface area contributed by atoms with Crippen molar-refractivity contribution >= 4 is 5.78 Å². The molecule has 0 unspecified atom stereocenters. The second-order valence-corrected chi connectivity index (χ2v) is 2.28. The lowest BCUT2D eigenvalue weighted by molar-refractivity contribution is -0.116. The molecule has 0 rings (SSSR count). The van der Waals surface area contributed by atoms with E-state index in [1.54, 1.807) is 6.92 Å². The second kappa shape index (κ2) is 4.81. The summed E-state index contributed by atoms with van der Waals surface area (Å²) in [6, 6.07) is 0. The maximum atomic E-state index is 10.4. The molecule has 0 heterocycles. The summed E-state index contributed by atoms with van der Waals surface area (Å²) in [5, 5.41) is 0. The van der Waals surface area contributed by atoms with Gasteiger partial charge in [0.2, 0.25) is 0 Å². The first-order valence-electron chi connectivity index (χ1n) is 3.26. The van der Waals surface area contributed by atoms with Crippen molar-refractivity contribution in [2.24, 2.45) is 0 Å². The van der Waals surface area contributed by atoms with E-state index in [0.717, 1.165) is 5.57 Å². The van der Waals surface area contributed by atoms with E-state index < -0.39 is 0 Å². The van der Waals surface area contributed by atoms with Gasteiger partial charge < -0.3 is 0 Å². The van der Waals surface area contributed by atoms with Gasteiger partial charge in [0, 0.05) is 12.8 Å². The molecule has 10 heavy (non-hydrogen) atoms. The van der Waals surface area contributed by atoms with Crippen molar-refractivity contribution in [3.05, 3.63) is 12.2 Å². The molecule has 0 atom stereocenters. The lowest BCUT2D eigenvalue weighted by atomic mass is 10.2. The molecule has 1 heteroatoms. The van der Waals surface area contributed by atoms with E-state index in [2.05, 4.69) is 18.4 Å². The summed E-state index contributed by atoms with van der Waals surface area (Å²) in [5.74, 6) is 5.84. The lowest BCUT2D eigenvalue weighted by Gasteiger charge is -1.83. The first kappa shape index (κ1) is 8.97. The van der Waals surface area contributed by atoms with Crippen LogP contribution >= 0.6 is 0 Å². The first-order chi connectivity index (χ1) is 4.63. The van der Waals surface area contributed by atoms with E-state index in [0.29, 0.717) is 12.8 Å². The third-order valence-corrected chi connectivity index (χ3v) is 0.904. The Bertz CT molecular complexity index is 191. The van der Waals surface area contributed by atoms with Crippen LogP contribution in [0.1, 0.15) is 26.7 Å². The molecule has 0 saturated heterocycles. The molecule has 0 spiro atoms. The van der Waals surface area contributed by atoms with E-state index in [-0.39, 0.29) is 5.78 Å². The van der Waals surface area contributed by atoms with E-state index in [4.69, 9.17) is 0 Å². The van der Waals surface area contributed by atoms with Crippen LogP contribution in [0, 0.1) is 11.8 Å². The van der Waals surface area contributed by atoms with E-state index in [9.17, 15) is 4.79 Å². The third kappa shape index (κ3) is 6.97. The number of rotatable bonds is 2. The summed E-state index contributed by atoms with van der Waals surface area (Å²) in [7, 11) is 0. The lowest BCUT2D eigenvalue weighted by Crippen LogP contribution is -1.86. The Kier molecular flexibility index (Phi) is 4.32. The van der Waals surface area contributed by atoms with Crippen molar-refractivity contribution in [1.82, 2.24) is 0 Å². The zero-order valence-electron chi connectivity index (χ0n) is 6.53. The number of hydrogen-bond acceptors (Lipinski definition) is 1. The molecule has 0 bridgehead atoms. The van der Waals surface area contributed by atoms with E-state index in [1.807, 2.05) is 6.92 Å². The van der Waals surface area contributed by atoms with E-state index >= 15 is 0 Å². The summed E-state index contributed by atoms with van der Waals surface area (Å²) in [5.41, 5.74) is 0.851. The minimum atomic E-state index is 0.191. The topological polar surface area (TPSA) is 17.1 Å². The molecule has 54 valence electrons. The predicted octanol–water partition coefficient (Wildman–Crippen LogP) is 1.94. The van der Waals surface area contributed by atoms with Gasteiger partial charge in [0.05, 0.1) is 0 Å². The SMILES string of the molecule is C=C(C)C#CCCC(C)=O. The monoisotopic (exact) mass is 136 g/mol. The Morgan fingerprint density at radius 1 is 1.50 bits per heavy atom. The summed E-state index contributed by atoms with van der Waals surface area (Å²) in [6.45, 7) is 7.03. The van der Waals surface area contributed by atoms with Crippen LogP contribution in [0.3, 0.4) is 0 Å². The van der Waals surface area contributed by atoms with Crippen LogP contribution in [0.2, 0.25) is 0 Å². The van der Waals surface area contributed by atoms with Crippen molar-refractivity contribution in [3.8, 4) is 11.8 Å². The Morgan fingerprint density at radius 3 is 2.50 bits per heavy atom. The number of Topliss-reactive ketones (excluding diaryl/α,β-unsaturated/α-hetero) is 1. The van der Waals surface area contributed by atoms with Crippen LogP contribution in [0.5, 0.6) is 0 Å². The maximum absolute atomic E-state index is 10.4. The summed E-state index contributed by atoms with van der Waals surface area (Å²) < 4.78 is 0. The molecule has 0 aliphatic rings. The quantitative estimate of drug-likeness (QED) is 0.530. The smallest absolute Gasteiger partial charge is 0.130 e. The van der Waals surface area contributed by atoms with Gasteiger partial charge >= 0.3 is 0 Å². The van der Waals surface area contributed by atoms with Gasteiger partial charge in [-0.25, -0.2) is 0 Å². The maximum Gasteiger partial charge on any atom is 0.130 e. The Labute approximate surface area is 62.1 Å². The van der Waals surface area contributed by atoms with Gasteiger partial charge in [-0.2, -0.15) is 0 Å². The molecule has 0 radical (unpaired) electrons. The third-order valence-electron chi connectivity index (χ3n) is 0.904. The highest BCUT2D eigenvalue weighted by molar-refractivity contribution is 5.75. The van der Waals surface area contributed by atoms with Crippen LogP contribution < -0.4 is 0 Å². The highest BCUT2D eigenvalue weighted by Crippen LogP contribution is 1.88. The molecule has 0 fully saturated rings. The normalized spacial score (nSPS) is 7.80. The highest BCUT2D eigenvalue weighted by Gasteiger charge is 1.87. The van der Waals surface area contributed by atoms with Crippen LogP contribution in [0.15, 0.2) is 12.2 Å². The standard InChI is InChI=1S/C9H12O/c1-8(2)6-4-5-7-9(3)10/h1,5,7H2,2-3H3. The molecule has 0 saturated carbocycles. The largest absolute Gasteiger partial charge is 0.300 e. The zero-order valence-corrected chi connectivity index (χ0v) is 6.53. The zero-order chi connectivity index (χ0) is 7.98. The molecule has 0 aromatic heterocycles. The van der Waals surface area contributed by atoms with Crippen molar-refractivity contribution in [1.29, 1.82) is 0 Å². The predicted molar refractivity (Wildman–Crippen MR) is 42.5 cm³/mol. The van der Waals surface area contributed by atoms with Crippen molar-refractivity contribution in [3.63, 3.8) is 0 Å². The highest BCUT2D eigenvalue weighted by atomic mass is 16.1. The van der Waals surface area contributed by atoms with Gasteiger partial charge in [-0.3, -0.25) is 4.79 Å². The fourth-order valence-corrected chi connectivity index (χ4v) is 0.452. The molecular weight excluding hydrogens is 124 g/mol. The molecule has 1 nitrogen and oxygen atoms in total. The average molecular weight is 136 g/mol. The van der Waals surface area contributed by atoms with Crippen LogP contribution in [0.4, 0.5) is 0 Å². The summed E-state index contributed by atoms with van der Waals surface area (Å²) in [6.07, 6.45) is 1.21. The molecule has 0 aromatic carbocycles. The van der Waals surface area contributed by atoms with Gasteiger partial charge in [0.15, 0.2) is 0 Å². The number of ketones is 1. The molecule has 0 aliphatic carbocycles. The van der Waals surface area contributed by atoms with Crippen LogP contribution in [0.25, 0.3) is 0 Å². The Balaban J connectivity index is 3.48. The number of carbonyl (C=O) groups is 1. The summed E-state index contributed by atoms with van der Waals surface area (Å²) >= 11 is 0. The minimum Gasteiger partial charge on any atom is -0.300 e. The van der Waals surface area contributed by atoms with E-state index in [1.165, 1.54) is 0 Å². The van der Waals surface area contributed by atoms with Gasteiger partial charge in [0.25, 0.3) is 0 Å². The van der Waals surface area contributed by atoms with Crippen molar-refractivity contribution in [2.45, 2.75) is 26.7 Å². The average Bonchev–Trinajstić information content (AvgIpc) is 1.79. The summed E-state index contributed by atoms with van der Waals surface area (Å²) in [4.78, 5) is 10.4. The molecule has 0 aliphatic heterocycles. The van der Waals surface area contributed by atoms with Gasteiger partial charge in [-0.1, -0.05) is 18.4 Å². The number of carbonyl (C=O) groups excluding carboxylic acids is 1. The second-order valence-electron chi connectivity index (χ2n) is 2.28. The number of hydrogen-bond donors (Lipinski definition) is 0.